The Morgan fingerprint density at radius 2 is 2.00 bits per heavy atom. The molecule has 90 valence electrons. The smallest absolute Gasteiger partial charge is 0.327 e. The van der Waals surface area contributed by atoms with Gasteiger partial charge in [-0.15, -0.1) is 0 Å². The molecule has 0 aliphatic carbocycles. The van der Waals surface area contributed by atoms with Crippen LogP contribution in [0.15, 0.2) is 24.3 Å². The van der Waals surface area contributed by atoms with Gasteiger partial charge in [0.15, 0.2) is 0 Å². The van der Waals surface area contributed by atoms with Gasteiger partial charge in [-0.3, -0.25) is 0 Å². The van der Waals surface area contributed by atoms with Gasteiger partial charge in [-0.1, -0.05) is 26.0 Å². The monoisotopic (exact) mass is 232 g/mol. The summed E-state index contributed by atoms with van der Waals surface area (Å²) in [4.78, 5) is 15.8. The van der Waals surface area contributed by atoms with Crippen molar-refractivity contribution in [2.24, 2.45) is 5.92 Å². The van der Waals surface area contributed by atoms with Gasteiger partial charge in [0.05, 0.1) is 11.0 Å². The summed E-state index contributed by atoms with van der Waals surface area (Å²) in [7, 11) is 0. The van der Waals surface area contributed by atoms with Gasteiger partial charge in [0.1, 0.15) is 11.9 Å². The van der Waals surface area contributed by atoms with Crippen molar-refractivity contribution in [3.63, 3.8) is 0 Å². The molecule has 1 atom stereocenters. The lowest BCUT2D eigenvalue weighted by atomic mass is 10.0. The van der Waals surface area contributed by atoms with E-state index in [9.17, 15) is 9.90 Å². The number of benzene rings is 1. The summed E-state index contributed by atoms with van der Waals surface area (Å²) >= 11 is 0. The predicted octanol–water partition coefficient (Wildman–Crippen LogP) is 2.63. The number of para-hydroxylation sites is 2. The molecule has 17 heavy (non-hydrogen) atoms. The maximum absolute atomic E-state index is 11.4. The van der Waals surface area contributed by atoms with Gasteiger partial charge < -0.3 is 9.67 Å². The van der Waals surface area contributed by atoms with E-state index in [2.05, 4.69) is 4.98 Å². The molecule has 0 unspecified atom stereocenters. The van der Waals surface area contributed by atoms with Crippen molar-refractivity contribution in [1.29, 1.82) is 0 Å². The Kier molecular flexibility index (Phi) is 2.88. The molecule has 2 rings (SSSR count). The first kappa shape index (κ1) is 11.6. The van der Waals surface area contributed by atoms with Crippen LogP contribution in [0.1, 0.15) is 25.7 Å². The van der Waals surface area contributed by atoms with Gasteiger partial charge in [-0.05, 0) is 25.0 Å². The van der Waals surface area contributed by atoms with E-state index in [1.807, 2.05) is 49.6 Å². The minimum absolute atomic E-state index is 0.0174. The molecule has 0 aliphatic rings. The summed E-state index contributed by atoms with van der Waals surface area (Å²) < 4.78 is 1.81. The molecule has 0 bridgehead atoms. The van der Waals surface area contributed by atoms with Crippen LogP contribution in [0.25, 0.3) is 11.0 Å². The van der Waals surface area contributed by atoms with Gasteiger partial charge in [-0.2, -0.15) is 0 Å². The van der Waals surface area contributed by atoms with Gasteiger partial charge in [0.25, 0.3) is 0 Å². The third-order valence-electron chi connectivity index (χ3n) is 2.93. The molecule has 0 fully saturated rings. The first-order valence-electron chi connectivity index (χ1n) is 5.68. The summed E-state index contributed by atoms with van der Waals surface area (Å²) in [6.07, 6.45) is 0. The molecule has 1 aromatic carbocycles. The van der Waals surface area contributed by atoms with Crippen LogP contribution in [0.3, 0.4) is 0 Å². The van der Waals surface area contributed by atoms with E-state index in [0.29, 0.717) is 0 Å². The van der Waals surface area contributed by atoms with E-state index in [1.54, 1.807) is 0 Å². The molecular formula is C13H16N2O2. The van der Waals surface area contributed by atoms with E-state index >= 15 is 0 Å². The Balaban J connectivity index is 2.68. The second-order valence-corrected chi connectivity index (χ2v) is 4.54. The lowest BCUT2D eigenvalue weighted by Crippen LogP contribution is -2.25. The van der Waals surface area contributed by atoms with Crippen molar-refractivity contribution < 1.29 is 9.90 Å². The molecule has 0 amide bonds. The zero-order valence-corrected chi connectivity index (χ0v) is 10.2. The molecule has 4 heteroatoms. The molecule has 1 aromatic heterocycles. The first-order chi connectivity index (χ1) is 8.02. The highest BCUT2D eigenvalue weighted by atomic mass is 16.4. The molecular weight excluding hydrogens is 216 g/mol. The summed E-state index contributed by atoms with van der Waals surface area (Å²) in [5.41, 5.74) is 1.73. The van der Waals surface area contributed by atoms with Crippen LogP contribution in [0.5, 0.6) is 0 Å². The molecule has 2 aromatic rings. The normalized spacial score (nSPS) is 13.2. The molecule has 0 saturated carbocycles. The van der Waals surface area contributed by atoms with Crippen LogP contribution in [0.4, 0.5) is 0 Å². The lowest BCUT2D eigenvalue weighted by molar-refractivity contribution is -0.142. The van der Waals surface area contributed by atoms with Crippen LogP contribution in [0.2, 0.25) is 0 Å². The quantitative estimate of drug-likeness (QED) is 0.885. The van der Waals surface area contributed by atoms with Gasteiger partial charge in [0, 0.05) is 0 Å². The molecule has 1 heterocycles. The highest BCUT2D eigenvalue weighted by Crippen LogP contribution is 2.26. The molecule has 0 radical (unpaired) electrons. The van der Waals surface area contributed by atoms with E-state index in [4.69, 9.17) is 0 Å². The van der Waals surface area contributed by atoms with Gasteiger partial charge in [0.2, 0.25) is 0 Å². The Labute approximate surface area is 99.9 Å². The summed E-state index contributed by atoms with van der Waals surface area (Å²) in [5.74, 6) is -0.0534. The van der Waals surface area contributed by atoms with E-state index < -0.39 is 12.0 Å². The second kappa shape index (κ2) is 4.20. The number of nitrogens with zero attached hydrogens (tertiary/aromatic N) is 2. The Morgan fingerprint density at radius 1 is 1.35 bits per heavy atom. The third-order valence-corrected chi connectivity index (χ3v) is 2.93. The van der Waals surface area contributed by atoms with E-state index in [0.717, 1.165) is 16.9 Å². The molecule has 0 spiro atoms. The minimum Gasteiger partial charge on any atom is -0.480 e. The van der Waals surface area contributed by atoms with Crippen molar-refractivity contribution in [2.45, 2.75) is 26.8 Å². The number of carboxylic acids is 1. The maximum Gasteiger partial charge on any atom is 0.327 e. The highest BCUT2D eigenvalue weighted by Gasteiger charge is 2.26. The number of aromatic nitrogens is 2. The largest absolute Gasteiger partial charge is 0.480 e. The van der Waals surface area contributed by atoms with Crippen molar-refractivity contribution in [2.75, 3.05) is 0 Å². The van der Waals surface area contributed by atoms with E-state index in [-0.39, 0.29) is 5.92 Å². The van der Waals surface area contributed by atoms with Crippen molar-refractivity contribution in [3.05, 3.63) is 30.1 Å². The summed E-state index contributed by atoms with van der Waals surface area (Å²) in [6, 6.07) is 7.05. The van der Waals surface area contributed by atoms with Crippen LogP contribution in [-0.2, 0) is 4.79 Å². The minimum atomic E-state index is -0.814. The first-order valence-corrected chi connectivity index (χ1v) is 5.68. The number of fused-ring (bicyclic) bond motifs is 1. The number of aryl methyl sites for hydroxylation is 1. The number of aliphatic carboxylic acids is 1. The summed E-state index contributed by atoms with van der Waals surface area (Å²) in [5, 5.41) is 9.35. The zero-order chi connectivity index (χ0) is 12.6. The van der Waals surface area contributed by atoms with Crippen LogP contribution >= 0.6 is 0 Å². The van der Waals surface area contributed by atoms with Crippen LogP contribution < -0.4 is 0 Å². The molecule has 0 saturated heterocycles. The number of imidazole rings is 1. The zero-order valence-electron chi connectivity index (χ0n) is 10.2. The van der Waals surface area contributed by atoms with Crippen molar-refractivity contribution in [1.82, 2.24) is 9.55 Å². The van der Waals surface area contributed by atoms with Crippen molar-refractivity contribution in [3.8, 4) is 0 Å². The number of rotatable bonds is 3. The second-order valence-electron chi connectivity index (χ2n) is 4.54. The van der Waals surface area contributed by atoms with Gasteiger partial charge in [-0.25, -0.2) is 9.78 Å². The molecule has 0 aliphatic heterocycles. The Bertz CT molecular complexity index is 558. The molecule has 4 nitrogen and oxygen atoms in total. The van der Waals surface area contributed by atoms with Crippen LogP contribution in [-0.4, -0.2) is 20.6 Å². The number of carbonyl (C=O) groups is 1. The fraction of sp³-hybridized carbons (Fsp3) is 0.385. The standard InChI is InChI=1S/C13H16N2O2/c1-8(2)12(13(16)17)15-9(3)14-10-6-4-5-7-11(10)15/h4-8,12H,1-3H3,(H,16,17)/t12-/m0/s1. The topological polar surface area (TPSA) is 55.1 Å². The molecule has 1 N–H and O–H groups in total. The SMILES string of the molecule is Cc1nc2ccccc2n1[C@H](C(=O)O)C(C)C. The van der Waals surface area contributed by atoms with Crippen molar-refractivity contribution >= 4 is 17.0 Å². The fourth-order valence-corrected chi connectivity index (χ4v) is 2.21. The summed E-state index contributed by atoms with van der Waals surface area (Å²) in [6.45, 7) is 5.66. The van der Waals surface area contributed by atoms with Gasteiger partial charge >= 0.3 is 5.97 Å². The predicted molar refractivity (Wildman–Crippen MR) is 66.0 cm³/mol. The number of carboxylic acid groups (broad SMARTS) is 1. The van der Waals surface area contributed by atoms with E-state index in [1.165, 1.54) is 0 Å². The fourth-order valence-electron chi connectivity index (χ4n) is 2.21. The Morgan fingerprint density at radius 3 is 2.59 bits per heavy atom. The maximum atomic E-state index is 11.4. The third kappa shape index (κ3) is 1.90. The number of hydrogen-bond acceptors (Lipinski definition) is 2. The average molecular weight is 232 g/mol. The Hall–Kier alpha value is -1.84. The average Bonchev–Trinajstić information content (AvgIpc) is 2.55. The highest BCUT2D eigenvalue weighted by molar-refractivity contribution is 5.80. The number of hydrogen-bond donors (Lipinski definition) is 1. The lowest BCUT2D eigenvalue weighted by Gasteiger charge is -2.20. The van der Waals surface area contributed by atoms with Crippen LogP contribution in [0, 0.1) is 12.8 Å².